The Labute approximate surface area is 136 Å². The number of nitrogens with one attached hydrogen (secondary N) is 1. The van der Waals surface area contributed by atoms with Gasteiger partial charge in [0.05, 0.1) is 20.1 Å². The van der Waals surface area contributed by atoms with E-state index in [9.17, 15) is 9.90 Å². The predicted octanol–water partition coefficient (Wildman–Crippen LogP) is 2.47. The summed E-state index contributed by atoms with van der Waals surface area (Å²) in [6, 6.07) is 9.16. The Hall–Kier alpha value is -2.27. The van der Waals surface area contributed by atoms with Crippen molar-refractivity contribution in [2.24, 2.45) is 0 Å². The minimum Gasteiger partial charge on any atom is -0.496 e. The van der Waals surface area contributed by atoms with Crippen LogP contribution in [0.1, 0.15) is 29.6 Å². The summed E-state index contributed by atoms with van der Waals surface area (Å²) in [5.41, 5.74) is 0.640. The summed E-state index contributed by atoms with van der Waals surface area (Å²) in [5, 5.41) is 13.1. The maximum Gasteiger partial charge on any atom is 0.224 e. The predicted molar refractivity (Wildman–Crippen MR) is 87.5 cm³/mol. The van der Waals surface area contributed by atoms with Crippen molar-refractivity contribution in [3.05, 3.63) is 53.0 Å². The lowest BCUT2D eigenvalue weighted by atomic mass is 10.0. The normalized spacial score (nSPS) is 13.4. The summed E-state index contributed by atoms with van der Waals surface area (Å²) in [6.07, 6.45) is 0.226. The first-order valence-electron chi connectivity index (χ1n) is 7.51. The minimum absolute atomic E-state index is 0.0851. The minimum atomic E-state index is -1.24. The number of rotatable bonds is 6. The van der Waals surface area contributed by atoms with E-state index in [1.807, 2.05) is 32.0 Å². The van der Waals surface area contributed by atoms with E-state index in [4.69, 9.17) is 9.15 Å². The van der Waals surface area contributed by atoms with Gasteiger partial charge in [-0.25, -0.2) is 0 Å². The smallest absolute Gasteiger partial charge is 0.224 e. The zero-order valence-corrected chi connectivity index (χ0v) is 14.0. The van der Waals surface area contributed by atoms with Crippen LogP contribution < -0.4 is 10.1 Å². The van der Waals surface area contributed by atoms with E-state index in [-0.39, 0.29) is 18.9 Å². The number of furan rings is 1. The number of hydrogen-bond acceptors (Lipinski definition) is 4. The second kappa shape index (κ2) is 6.87. The summed E-state index contributed by atoms with van der Waals surface area (Å²) in [4.78, 5) is 12.1. The SMILES string of the molecule is COc1cc(CC(=O)NCC(C)(O)c2ccc(C)o2)ccc1C. The second-order valence-electron chi connectivity index (χ2n) is 5.94. The molecule has 1 unspecified atom stereocenters. The molecule has 124 valence electrons. The molecule has 0 fully saturated rings. The Bertz CT molecular complexity index is 688. The molecule has 1 aromatic heterocycles. The van der Waals surface area contributed by atoms with Gasteiger partial charge in [-0.15, -0.1) is 0 Å². The summed E-state index contributed by atoms with van der Waals surface area (Å²) >= 11 is 0. The molecule has 1 amide bonds. The van der Waals surface area contributed by atoms with Crippen LogP contribution in [0.2, 0.25) is 0 Å². The first kappa shape index (κ1) is 17.1. The average Bonchev–Trinajstić information content (AvgIpc) is 2.95. The Morgan fingerprint density at radius 3 is 2.65 bits per heavy atom. The van der Waals surface area contributed by atoms with Crippen LogP contribution in [0.5, 0.6) is 5.75 Å². The highest BCUT2D eigenvalue weighted by Crippen LogP contribution is 2.22. The molecule has 0 aliphatic heterocycles. The van der Waals surface area contributed by atoms with Crippen molar-refractivity contribution in [3.8, 4) is 5.75 Å². The molecule has 2 aromatic rings. The molecule has 1 atom stereocenters. The second-order valence-corrected chi connectivity index (χ2v) is 5.94. The molecule has 0 saturated carbocycles. The molecule has 0 bridgehead atoms. The fraction of sp³-hybridized carbons (Fsp3) is 0.389. The number of hydrogen-bond donors (Lipinski definition) is 2. The third-order valence-corrected chi connectivity index (χ3v) is 3.74. The highest BCUT2D eigenvalue weighted by atomic mass is 16.5. The van der Waals surface area contributed by atoms with Gasteiger partial charge in [0.2, 0.25) is 5.91 Å². The fourth-order valence-corrected chi connectivity index (χ4v) is 2.30. The summed E-state index contributed by atoms with van der Waals surface area (Å²) in [6.45, 7) is 5.45. The molecule has 1 aromatic carbocycles. The first-order valence-corrected chi connectivity index (χ1v) is 7.51. The summed E-state index contributed by atoms with van der Waals surface area (Å²) in [5.74, 6) is 1.75. The lowest BCUT2D eigenvalue weighted by Gasteiger charge is -2.21. The topological polar surface area (TPSA) is 71.7 Å². The van der Waals surface area contributed by atoms with E-state index in [1.54, 1.807) is 26.2 Å². The van der Waals surface area contributed by atoms with Crippen LogP contribution in [0, 0.1) is 13.8 Å². The summed E-state index contributed by atoms with van der Waals surface area (Å²) < 4.78 is 10.7. The van der Waals surface area contributed by atoms with Gasteiger partial charge in [0, 0.05) is 0 Å². The first-order chi connectivity index (χ1) is 10.8. The molecule has 1 heterocycles. The Balaban J connectivity index is 1.95. The zero-order chi connectivity index (χ0) is 17.0. The Morgan fingerprint density at radius 1 is 1.30 bits per heavy atom. The van der Waals surface area contributed by atoms with Crippen molar-refractivity contribution in [2.75, 3.05) is 13.7 Å². The molecule has 23 heavy (non-hydrogen) atoms. The highest BCUT2D eigenvalue weighted by molar-refractivity contribution is 5.78. The van der Waals surface area contributed by atoms with Crippen molar-refractivity contribution in [1.29, 1.82) is 0 Å². The molecule has 0 aliphatic carbocycles. The van der Waals surface area contributed by atoms with E-state index >= 15 is 0 Å². The molecule has 2 N–H and O–H groups in total. The van der Waals surface area contributed by atoms with Crippen LogP contribution in [0.4, 0.5) is 0 Å². The number of aryl methyl sites for hydroxylation is 2. The highest BCUT2D eigenvalue weighted by Gasteiger charge is 2.27. The molecular weight excluding hydrogens is 294 g/mol. The largest absolute Gasteiger partial charge is 0.496 e. The van der Waals surface area contributed by atoms with Gasteiger partial charge < -0.3 is 19.6 Å². The molecule has 0 saturated heterocycles. The lowest BCUT2D eigenvalue weighted by Crippen LogP contribution is -2.39. The molecular formula is C18H23NO4. The van der Waals surface area contributed by atoms with Gasteiger partial charge in [0.15, 0.2) is 0 Å². The van der Waals surface area contributed by atoms with Crippen LogP contribution in [0.3, 0.4) is 0 Å². The van der Waals surface area contributed by atoms with Gasteiger partial charge in [-0.05, 0) is 50.1 Å². The van der Waals surface area contributed by atoms with Gasteiger partial charge in [0.1, 0.15) is 22.9 Å². The van der Waals surface area contributed by atoms with Crippen LogP contribution >= 0.6 is 0 Å². The van der Waals surface area contributed by atoms with Gasteiger partial charge in [-0.1, -0.05) is 12.1 Å². The van der Waals surface area contributed by atoms with Gasteiger partial charge in [-0.3, -0.25) is 4.79 Å². The van der Waals surface area contributed by atoms with E-state index in [0.29, 0.717) is 5.76 Å². The molecule has 0 radical (unpaired) electrons. The van der Waals surface area contributed by atoms with Crippen molar-refractivity contribution in [3.63, 3.8) is 0 Å². The van der Waals surface area contributed by atoms with Crippen LogP contribution in [0.25, 0.3) is 0 Å². The van der Waals surface area contributed by atoms with Crippen LogP contribution in [-0.2, 0) is 16.8 Å². The molecule has 0 aliphatic rings. The Morgan fingerprint density at radius 2 is 2.04 bits per heavy atom. The van der Waals surface area contributed by atoms with E-state index < -0.39 is 5.60 Å². The van der Waals surface area contributed by atoms with Crippen LogP contribution in [-0.4, -0.2) is 24.7 Å². The van der Waals surface area contributed by atoms with Crippen molar-refractivity contribution in [2.45, 2.75) is 32.8 Å². The number of aliphatic hydroxyl groups is 1. The van der Waals surface area contributed by atoms with Crippen molar-refractivity contribution < 1.29 is 19.1 Å². The maximum absolute atomic E-state index is 12.1. The fourth-order valence-electron chi connectivity index (χ4n) is 2.30. The Kier molecular flexibility index (Phi) is 5.11. The summed E-state index contributed by atoms with van der Waals surface area (Å²) in [7, 11) is 1.61. The number of carbonyl (C=O) groups is 1. The molecule has 0 spiro atoms. The van der Waals surface area contributed by atoms with E-state index in [2.05, 4.69) is 5.32 Å². The van der Waals surface area contributed by atoms with Crippen molar-refractivity contribution in [1.82, 2.24) is 5.32 Å². The number of carbonyl (C=O) groups excluding carboxylic acids is 1. The average molecular weight is 317 g/mol. The number of methoxy groups -OCH3 is 1. The number of ether oxygens (including phenoxy) is 1. The van der Waals surface area contributed by atoms with E-state index in [1.165, 1.54) is 0 Å². The lowest BCUT2D eigenvalue weighted by molar-refractivity contribution is -0.121. The van der Waals surface area contributed by atoms with Gasteiger partial charge in [-0.2, -0.15) is 0 Å². The molecule has 5 nitrogen and oxygen atoms in total. The van der Waals surface area contributed by atoms with Gasteiger partial charge in [0.25, 0.3) is 0 Å². The monoisotopic (exact) mass is 317 g/mol. The maximum atomic E-state index is 12.1. The quantitative estimate of drug-likeness (QED) is 0.858. The van der Waals surface area contributed by atoms with Gasteiger partial charge >= 0.3 is 0 Å². The van der Waals surface area contributed by atoms with E-state index in [0.717, 1.165) is 22.6 Å². The molecule has 5 heteroatoms. The third-order valence-electron chi connectivity index (χ3n) is 3.74. The third kappa shape index (κ3) is 4.36. The standard InChI is InChI=1S/C18H23NO4/c1-12-5-7-14(9-15(12)22-4)10-17(20)19-11-18(3,21)16-8-6-13(2)23-16/h5-9,21H,10-11H2,1-4H3,(H,19,20). The number of amides is 1. The zero-order valence-electron chi connectivity index (χ0n) is 14.0. The number of benzene rings is 1. The van der Waals surface area contributed by atoms with Crippen molar-refractivity contribution >= 4 is 5.91 Å². The molecule has 2 rings (SSSR count). The van der Waals surface area contributed by atoms with Crippen LogP contribution in [0.15, 0.2) is 34.7 Å².